The van der Waals surface area contributed by atoms with Crippen LogP contribution in [0.2, 0.25) is 0 Å². The number of ether oxygens (including phenoxy) is 1. The van der Waals surface area contributed by atoms with Gasteiger partial charge in [0.2, 0.25) is 0 Å². The minimum absolute atomic E-state index is 0.00750. The summed E-state index contributed by atoms with van der Waals surface area (Å²) < 4.78 is 4.81. The molecular weight excluding hydrogens is 288 g/mol. The van der Waals surface area contributed by atoms with E-state index >= 15 is 0 Å². The number of hydrogen-bond donors (Lipinski definition) is 1. The van der Waals surface area contributed by atoms with Crippen LogP contribution < -0.4 is 0 Å². The van der Waals surface area contributed by atoms with E-state index in [4.69, 9.17) is 4.74 Å². The number of carbonyl (C=O) groups is 1. The fourth-order valence-electron chi connectivity index (χ4n) is 2.98. The predicted octanol–water partition coefficient (Wildman–Crippen LogP) is 4.48. The van der Waals surface area contributed by atoms with Crippen molar-refractivity contribution in [1.29, 1.82) is 0 Å². The summed E-state index contributed by atoms with van der Waals surface area (Å²) in [5.41, 5.74) is 2.02. The van der Waals surface area contributed by atoms with Gasteiger partial charge in [-0.15, -0.1) is 0 Å². The second-order valence-electron chi connectivity index (χ2n) is 5.53. The molecule has 3 aromatic carbocycles. The average molecular weight is 306 g/mol. The summed E-state index contributed by atoms with van der Waals surface area (Å²) in [6.45, 7) is 2.03. The highest BCUT2D eigenvalue weighted by Crippen LogP contribution is 2.39. The van der Waals surface area contributed by atoms with Gasteiger partial charge in [-0.1, -0.05) is 61.5 Å². The van der Waals surface area contributed by atoms with Crippen LogP contribution >= 0.6 is 0 Å². The van der Waals surface area contributed by atoms with Crippen molar-refractivity contribution in [3.63, 3.8) is 0 Å². The maximum Gasteiger partial charge on any atom is 0.341 e. The Morgan fingerprint density at radius 2 is 1.70 bits per heavy atom. The Morgan fingerprint density at radius 3 is 2.39 bits per heavy atom. The number of methoxy groups -OCH3 is 1. The Balaban J connectivity index is 2.29. The zero-order valence-corrected chi connectivity index (χ0v) is 13.1. The van der Waals surface area contributed by atoms with Gasteiger partial charge in [-0.05, 0) is 22.4 Å². The highest BCUT2D eigenvalue weighted by atomic mass is 16.5. The molecule has 1 atom stereocenters. The second-order valence-corrected chi connectivity index (χ2v) is 5.53. The summed E-state index contributed by atoms with van der Waals surface area (Å²) in [5, 5.41) is 12.6. The molecule has 3 aromatic rings. The average Bonchev–Trinajstić information content (AvgIpc) is 2.60. The monoisotopic (exact) mass is 306 g/mol. The maximum absolute atomic E-state index is 12.0. The summed E-state index contributed by atoms with van der Waals surface area (Å²) >= 11 is 0. The second kappa shape index (κ2) is 6.13. The van der Waals surface area contributed by atoms with Gasteiger partial charge in [0, 0.05) is 11.5 Å². The van der Waals surface area contributed by atoms with E-state index in [1.165, 1.54) is 7.11 Å². The van der Waals surface area contributed by atoms with Gasteiger partial charge in [-0.2, -0.15) is 0 Å². The molecule has 0 radical (unpaired) electrons. The third-order valence-corrected chi connectivity index (χ3v) is 4.20. The highest BCUT2D eigenvalue weighted by Gasteiger charge is 2.22. The molecule has 0 amide bonds. The van der Waals surface area contributed by atoms with Crippen LogP contribution in [0.4, 0.5) is 0 Å². The Labute approximate surface area is 135 Å². The molecule has 0 aliphatic heterocycles. The summed E-state index contributed by atoms with van der Waals surface area (Å²) in [6, 6.07) is 19.3. The Morgan fingerprint density at radius 1 is 1.04 bits per heavy atom. The zero-order valence-electron chi connectivity index (χ0n) is 13.1. The van der Waals surface area contributed by atoms with Crippen molar-refractivity contribution >= 4 is 16.7 Å². The van der Waals surface area contributed by atoms with Gasteiger partial charge in [0.15, 0.2) is 0 Å². The predicted molar refractivity (Wildman–Crippen MR) is 90.9 cm³/mol. The topological polar surface area (TPSA) is 46.5 Å². The van der Waals surface area contributed by atoms with E-state index in [1.807, 2.05) is 61.5 Å². The van der Waals surface area contributed by atoms with E-state index in [0.717, 1.165) is 21.9 Å². The van der Waals surface area contributed by atoms with Crippen molar-refractivity contribution in [2.24, 2.45) is 0 Å². The van der Waals surface area contributed by atoms with Crippen molar-refractivity contribution in [1.82, 2.24) is 0 Å². The van der Waals surface area contributed by atoms with E-state index in [0.29, 0.717) is 0 Å². The quantitative estimate of drug-likeness (QED) is 0.725. The fraction of sp³-hybridized carbons (Fsp3) is 0.150. The lowest BCUT2D eigenvalue weighted by atomic mass is 9.87. The van der Waals surface area contributed by atoms with Gasteiger partial charge in [0.25, 0.3) is 0 Å². The molecule has 116 valence electrons. The van der Waals surface area contributed by atoms with Crippen molar-refractivity contribution < 1.29 is 14.6 Å². The molecule has 3 nitrogen and oxygen atoms in total. The van der Waals surface area contributed by atoms with Gasteiger partial charge in [0.05, 0.1) is 7.11 Å². The van der Waals surface area contributed by atoms with Crippen molar-refractivity contribution in [3.05, 3.63) is 77.4 Å². The lowest BCUT2D eigenvalue weighted by Crippen LogP contribution is -2.06. The van der Waals surface area contributed by atoms with Crippen LogP contribution in [0.3, 0.4) is 0 Å². The van der Waals surface area contributed by atoms with E-state index in [9.17, 15) is 9.90 Å². The number of fused-ring (bicyclic) bond motifs is 1. The number of rotatable bonds is 3. The van der Waals surface area contributed by atoms with Crippen LogP contribution in [0.5, 0.6) is 5.75 Å². The van der Waals surface area contributed by atoms with Gasteiger partial charge < -0.3 is 9.84 Å². The van der Waals surface area contributed by atoms with Crippen molar-refractivity contribution in [3.8, 4) is 5.75 Å². The van der Waals surface area contributed by atoms with Crippen LogP contribution in [-0.2, 0) is 4.74 Å². The number of benzene rings is 3. The minimum atomic E-state index is -0.533. The molecule has 3 heteroatoms. The molecule has 0 aromatic heterocycles. The van der Waals surface area contributed by atoms with Crippen molar-refractivity contribution in [2.45, 2.75) is 12.8 Å². The Hall–Kier alpha value is -2.81. The van der Waals surface area contributed by atoms with E-state index in [1.54, 1.807) is 6.07 Å². The minimum Gasteiger partial charge on any atom is -0.507 e. The molecule has 0 aliphatic rings. The summed E-state index contributed by atoms with van der Waals surface area (Å²) in [6.07, 6.45) is 0. The molecule has 0 bridgehead atoms. The van der Waals surface area contributed by atoms with Crippen LogP contribution in [0.15, 0.2) is 60.7 Å². The van der Waals surface area contributed by atoms with E-state index < -0.39 is 5.97 Å². The van der Waals surface area contributed by atoms with Crippen molar-refractivity contribution in [2.75, 3.05) is 7.11 Å². The van der Waals surface area contributed by atoms with Gasteiger partial charge >= 0.3 is 5.97 Å². The highest BCUT2D eigenvalue weighted by molar-refractivity contribution is 6.00. The van der Waals surface area contributed by atoms with Crippen LogP contribution in [0.1, 0.15) is 34.3 Å². The lowest BCUT2D eigenvalue weighted by molar-refractivity contribution is 0.0597. The SMILES string of the molecule is COC(=O)c1cc2ccccc2c(C(C)c2ccccc2)c1O. The molecule has 1 unspecified atom stereocenters. The summed E-state index contributed by atoms with van der Waals surface area (Å²) in [4.78, 5) is 12.0. The number of esters is 1. The number of phenolic OH excluding ortho intramolecular Hbond substituents is 1. The van der Waals surface area contributed by atoms with Gasteiger partial charge in [-0.25, -0.2) is 4.79 Å². The number of phenols is 1. The molecule has 0 saturated carbocycles. The molecule has 1 N–H and O–H groups in total. The largest absolute Gasteiger partial charge is 0.507 e. The molecule has 3 rings (SSSR count). The fourth-order valence-corrected chi connectivity index (χ4v) is 2.98. The third-order valence-electron chi connectivity index (χ3n) is 4.20. The Kier molecular flexibility index (Phi) is 4.02. The number of carbonyl (C=O) groups excluding carboxylic acids is 1. The number of aromatic hydroxyl groups is 1. The van der Waals surface area contributed by atoms with Gasteiger partial charge in [-0.3, -0.25) is 0 Å². The van der Waals surface area contributed by atoms with Crippen LogP contribution in [0.25, 0.3) is 10.8 Å². The Bertz CT molecular complexity index is 853. The van der Waals surface area contributed by atoms with Crippen LogP contribution in [0, 0.1) is 0 Å². The smallest absolute Gasteiger partial charge is 0.341 e. The molecule has 0 saturated heterocycles. The molecule has 0 spiro atoms. The van der Waals surface area contributed by atoms with E-state index in [-0.39, 0.29) is 17.2 Å². The summed E-state index contributed by atoms with van der Waals surface area (Å²) in [7, 11) is 1.32. The van der Waals surface area contributed by atoms with Gasteiger partial charge in [0.1, 0.15) is 11.3 Å². The summed E-state index contributed by atoms with van der Waals surface area (Å²) in [5.74, 6) is -0.590. The first-order valence-electron chi connectivity index (χ1n) is 7.51. The normalized spacial score (nSPS) is 12.1. The first-order valence-corrected chi connectivity index (χ1v) is 7.51. The maximum atomic E-state index is 12.0. The van der Waals surface area contributed by atoms with Crippen LogP contribution in [-0.4, -0.2) is 18.2 Å². The van der Waals surface area contributed by atoms with E-state index in [2.05, 4.69) is 0 Å². The molecule has 0 aliphatic carbocycles. The number of hydrogen-bond acceptors (Lipinski definition) is 3. The molecule has 0 fully saturated rings. The third kappa shape index (κ3) is 2.66. The zero-order chi connectivity index (χ0) is 16.4. The first-order chi connectivity index (χ1) is 11.1. The molecule has 23 heavy (non-hydrogen) atoms. The molecular formula is C20H18O3. The first kappa shape index (κ1) is 15.1. The lowest BCUT2D eigenvalue weighted by Gasteiger charge is -2.19. The standard InChI is InChI=1S/C20H18O3/c1-13(14-8-4-3-5-9-14)18-16-11-7-6-10-15(16)12-17(19(18)21)20(22)23-2/h3-13,21H,1-2H3. The molecule has 0 heterocycles.